The van der Waals surface area contributed by atoms with Crippen molar-refractivity contribution in [3.8, 4) is 0 Å². The van der Waals surface area contributed by atoms with Crippen LogP contribution in [0.25, 0.3) is 0 Å². The second-order valence-corrected chi connectivity index (χ2v) is 6.06. The van der Waals surface area contributed by atoms with Gasteiger partial charge in [-0.25, -0.2) is 4.79 Å². The number of ether oxygens (including phenoxy) is 1. The molecule has 0 aliphatic carbocycles. The number of carbonyl (C=O) groups is 1. The zero-order valence-electron chi connectivity index (χ0n) is 16.5. The first-order chi connectivity index (χ1) is 12.7. The van der Waals surface area contributed by atoms with Crippen LogP contribution >= 0.6 is 0 Å². The number of unbranched alkanes of at least 4 members (excludes halogenated alkanes) is 2. The van der Waals surface area contributed by atoms with Gasteiger partial charge in [-0.2, -0.15) is 0 Å². The highest BCUT2D eigenvalue weighted by Crippen LogP contribution is 2.01. The van der Waals surface area contributed by atoms with Crippen LogP contribution in [0.15, 0.2) is 60.8 Å². The lowest BCUT2D eigenvalue weighted by molar-refractivity contribution is -0.149. The fraction of sp³-hybridized carbons (Fsp3) is 0.522. The lowest BCUT2D eigenvalue weighted by Crippen LogP contribution is -2.20. The predicted molar refractivity (Wildman–Crippen MR) is 111 cm³/mol. The Balaban J connectivity index is 3.46. The molecule has 0 fully saturated rings. The van der Waals surface area contributed by atoms with Gasteiger partial charge < -0.3 is 9.84 Å². The Morgan fingerprint density at radius 3 is 1.73 bits per heavy atom. The Morgan fingerprint density at radius 2 is 1.27 bits per heavy atom. The molecule has 0 saturated carbocycles. The third kappa shape index (κ3) is 18.5. The van der Waals surface area contributed by atoms with Crippen LogP contribution in [0.5, 0.6) is 0 Å². The summed E-state index contributed by atoms with van der Waals surface area (Å²) < 4.78 is 5.18. The van der Waals surface area contributed by atoms with E-state index in [0.29, 0.717) is 6.61 Å². The van der Waals surface area contributed by atoms with E-state index in [0.717, 1.165) is 51.4 Å². The zero-order chi connectivity index (χ0) is 19.3. The van der Waals surface area contributed by atoms with Gasteiger partial charge in [0, 0.05) is 6.61 Å². The molecular weight excluding hydrogens is 324 g/mol. The van der Waals surface area contributed by atoms with Crippen LogP contribution in [0.4, 0.5) is 0 Å². The van der Waals surface area contributed by atoms with Gasteiger partial charge in [0.1, 0.15) is 0 Å². The Hall–Kier alpha value is -1.87. The van der Waals surface area contributed by atoms with E-state index in [1.165, 1.54) is 0 Å². The van der Waals surface area contributed by atoms with Crippen LogP contribution in [0, 0.1) is 0 Å². The van der Waals surface area contributed by atoms with Gasteiger partial charge in [0.05, 0.1) is 0 Å². The highest BCUT2D eigenvalue weighted by atomic mass is 16.5. The smallest absolute Gasteiger partial charge is 0.332 e. The van der Waals surface area contributed by atoms with Crippen LogP contribution in [0.1, 0.15) is 65.2 Å². The van der Waals surface area contributed by atoms with E-state index >= 15 is 0 Å². The zero-order valence-corrected chi connectivity index (χ0v) is 16.5. The average molecular weight is 361 g/mol. The lowest BCUT2D eigenvalue weighted by Gasteiger charge is -2.07. The van der Waals surface area contributed by atoms with Gasteiger partial charge in [-0.1, -0.05) is 67.7 Å². The number of rotatable bonds is 16. The standard InChI is InChI=1S/C23H36O3/c1-3-4-5-6-7-8-9-10-11-12-13-14-15-16-17-18-19-20-21-26-22(2)23(24)25/h4-5,7-8,10-11,13-14,16-17,22H,3,6,9,12,15,18-21H2,1-2H3,(H,24,25). The molecule has 0 saturated heterocycles. The summed E-state index contributed by atoms with van der Waals surface area (Å²) in [7, 11) is 0. The van der Waals surface area contributed by atoms with Gasteiger partial charge >= 0.3 is 5.97 Å². The summed E-state index contributed by atoms with van der Waals surface area (Å²) in [4.78, 5) is 10.6. The lowest BCUT2D eigenvalue weighted by atomic mass is 10.2. The Bertz CT molecular complexity index is 470. The van der Waals surface area contributed by atoms with Crippen LogP contribution in [0.2, 0.25) is 0 Å². The molecule has 1 unspecified atom stereocenters. The van der Waals surface area contributed by atoms with Crippen molar-refractivity contribution >= 4 is 5.97 Å². The third-order valence-electron chi connectivity index (χ3n) is 3.64. The summed E-state index contributed by atoms with van der Waals surface area (Å²) in [5, 5.41) is 8.68. The molecule has 3 heteroatoms. The molecule has 0 amide bonds. The van der Waals surface area contributed by atoms with Crippen molar-refractivity contribution in [2.45, 2.75) is 71.3 Å². The van der Waals surface area contributed by atoms with Crippen LogP contribution in [0.3, 0.4) is 0 Å². The van der Waals surface area contributed by atoms with Crippen molar-refractivity contribution in [1.29, 1.82) is 0 Å². The van der Waals surface area contributed by atoms with Crippen LogP contribution in [-0.4, -0.2) is 23.8 Å². The topological polar surface area (TPSA) is 46.5 Å². The highest BCUT2D eigenvalue weighted by Gasteiger charge is 2.09. The van der Waals surface area contributed by atoms with Crippen molar-refractivity contribution in [1.82, 2.24) is 0 Å². The number of aliphatic carboxylic acids is 1. The summed E-state index contributed by atoms with van der Waals surface area (Å²) in [6, 6.07) is 0. The predicted octanol–water partition coefficient (Wildman–Crippen LogP) is 6.40. The molecule has 3 nitrogen and oxygen atoms in total. The second kappa shape index (κ2) is 19.5. The van der Waals surface area contributed by atoms with E-state index in [1.807, 2.05) is 0 Å². The first kappa shape index (κ1) is 24.1. The summed E-state index contributed by atoms with van der Waals surface area (Å²) >= 11 is 0. The van der Waals surface area contributed by atoms with Crippen LogP contribution < -0.4 is 0 Å². The van der Waals surface area contributed by atoms with Crippen molar-refractivity contribution in [3.63, 3.8) is 0 Å². The molecule has 0 rings (SSSR count). The van der Waals surface area contributed by atoms with Gasteiger partial charge in [-0.15, -0.1) is 0 Å². The maximum atomic E-state index is 10.6. The molecular formula is C23H36O3. The molecule has 146 valence electrons. The van der Waals surface area contributed by atoms with E-state index in [-0.39, 0.29) is 0 Å². The number of hydrogen-bond donors (Lipinski definition) is 1. The summed E-state index contributed by atoms with van der Waals surface area (Å²) in [6.45, 7) is 4.22. The third-order valence-corrected chi connectivity index (χ3v) is 3.64. The molecule has 1 N–H and O–H groups in total. The van der Waals surface area contributed by atoms with Gasteiger partial charge in [-0.3, -0.25) is 0 Å². The van der Waals surface area contributed by atoms with Crippen molar-refractivity contribution in [2.75, 3.05) is 6.61 Å². The normalized spacial score (nSPS) is 13.9. The van der Waals surface area contributed by atoms with Gasteiger partial charge in [0.25, 0.3) is 0 Å². The number of carboxylic acids is 1. The molecule has 0 aliphatic rings. The molecule has 0 bridgehead atoms. The van der Waals surface area contributed by atoms with E-state index in [2.05, 4.69) is 67.7 Å². The molecule has 0 aromatic heterocycles. The molecule has 1 atom stereocenters. The average Bonchev–Trinajstić information content (AvgIpc) is 2.63. The Kier molecular flexibility index (Phi) is 18.1. The SMILES string of the molecule is CCC=CCC=CCC=CCC=CCC=CCCCCOC(C)C(=O)O. The Morgan fingerprint density at radius 1 is 0.808 bits per heavy atom. The van der Waals surface area contributed by atoms with Crippen molar-refractivity contribution < 1.29 is 14.6 Å². The molecule has 0 spiro atoms. The van der Waals surface area contributed by atoms with E-state index in [1.54, 1.807) is 6.92 Å². The molecule has 0 aromatic rings. The molecule has 0 aromatic carbocycles. The fourth-order valence-electron chi connectivity index (χ4n) is 2.06. The second-order valence-electron chi connectivity index (χ2n) is 6.06. The van der Waals surface area contributed by atoms with Gasteiger partial charge in [-0.05, 0) is 58.3 Å². The van der Waals surface area contributed by atoms with Gasteiger partial charge in [0.2, 0.25) is 0 Å². The quantitative estimate of drug-likeness (QED) is 0.256. The highest BCUT2D eigenvalue weighted by molar-refractivity contribution is 5.71. The minimum absolute atomic E-state index is 0.512. The maximum absolute atomic E-state index is 10.6. The first-order valence-corrected chi connectivity index (χ1v) is 9.77. The monoisotopic (exact) mass is 360 g/mol. The number of carboxylic acid groups (broad SMARTS) is 1. The minimum Gasteiger partial charge on any atom is -0.479 e. The number of allylic oxidation sites excluding steroid dienone is 10. The Labute approximate surface area is 159 Å². The van der Waals surface area contributed by atoms with E-state index in [4.69, 9.17) is 9.84 Å². The number of hydrogen-bond acceptors (Lipinski definition) is 2. The molecule has 26 heavy (non-hydrogen) atoms. The minimum atomic E-state index is -0.900. The van der Waals surface area contributed by atoms with Crippen molar-refractivity contribution in [2.24, 2.45) is 0 Å². The van der Waals surface area contributed by atoms with Crippen LogP contribution in [-0.2, 0) is 9.53 Å². The maximum Gasteiger partial charge on any atom is 0.332 e. The summed E-state index contributed by atoms with van der Waals surface area (Å²) in [6.07, 6.45) is 29.2. The van der Waals surface area contributed by atoms with Gasteiger partial charge in [0.15, 0.2) is 6.10 Å². The molecule has 0 heterocycles. The summed E-state index contributed by atoms with van der Waals surface area (Å²) in [5.41, 5.74) is 0. The largest absolute Gasteiger partial charge is 0.479 e. The molecule has 0 radical (unpaired) electrons. The van der Waals surface area contributed by atoms with E-state index < -0.39 is 12.1 Å². The van der Waals surface area contributed by atoms with E-state index in [9.17, 15) is 4.79 Å². The summed E-state index contributed by atoms with van der Waals surface area (Å²) in [5.74, 6) is -0.900. The first-order valence-electron chi connectivity index (χ1n) is 9.77. The van der Waals surface area contributed by atoms with Crippen molar-refractivity contribution in [3.05, 3.63) is 60.8 Å². The molecule has 0 aliphatic heterocycles. The fourth-order valence-corrected chi connectivity index (χ4v) is 2.06.